The topological polar surface area (TPSA) is 93.1 Å². The van der Waals surface area contributed by atoms with Crippen molar-refractivity contribution in [1.82, 2.24) is 0 Å². The fraction of sp³-hybridized carbons (Fsp3) is 0.179. The van der Waals surface area contributed by atoms with Crippen LogP contribution in [0.3, 0.4) is 0 Å². The second-order valence-corrected chi connectivity index (χ2v) is 8.58. The highest BCUT2D eigenvalue weighted by atomic mass is 35.5. The third kappa shape index (κ3) is 4.45. The van der Waals surface area contributed by atoms with Gasteiger partial charge in [0.2, 0.25) is 0 Å². The minimum Gasteiger partial charge on any atom is -0.507 e. The van der Waals surface area contributed by atoms with E-state index in [2.05, 4.69) is 0 Å². The minimum absolute atomic E-state index is 0.0955. The molecule has 0 aromatic heterocycles. The third-order valence-electron chi connectivity index (χ3n) is 6.13. The zero-order valence-corrected chi connectivity index (χ0v) is 20.7. The fourth-order valence-electron chi connectivity index (χ4n) is 4.24. The van der Waals surface area contributed by atoms with Crippen molar-refractivity contribution in [2.75, 3.05) is 19.1 Å². The Morgan fingerprint density at radius 1 is 1.00 bits per heavy atom. The molecule has 1 atom stereocenters. The van der Waals surface area contributed by atoms with Gasteiger partial charge < -0.3 is 14.6 Å². The molecular formula is C28H24ClNO6. The van der Waals surface area contributed by atoms with E-state index >= 15 is 0 Å². The lowest BCUT2D eigenvalue weighted by atomic mass is 9.94. The number of carbonyl (C=O) groups excluding carboxylic acids is 3. The Labute approximate surface area is 213 Å². The van der Waals surface area contributed by atoms with Crippen molar-refractivity contribution in [2.45, 2.75) is 19.4 Å². The molecule has 1 fully saturated rings. The van der Waals surface area contributed by atoms with Gasteiger partial charge in [0.25, 0.3) is 11.7 Å². The van der Waals surface area contributed by atoms with Crippen molar-refractivity contribution in [3.63, 3.8) is 0 Å². The summed E-state index contributed by atoms with van der Waals surface area (Å²) in [7, 11) is 2.71. The molecule has 0 radical (unpaired) electrons. The number of hydrogen-bond donors (Lipinski definition) is 1. The minimum atomic E-state index is -0.927. The Bertz CT molecular complexity index is 1360. The predicted octanol–water partition coefficient (Wildman–Crippen LogP) is 5.32. The lowest BCUT2D eigenvalue weighted by Crippen LogP contribution is -2.29. The van der Waals surface area contributed by atoms with E-state index in [0.29, 0.717) is 27.6 Å². The SMILES string of the molecule is CCc1ccc(C2/C(=C(\O)c3cc(Cl)ccc3OC)C(=O)C(=O)N2c2ccc(C(=O)OC)cc2)cc1. The van der Waals surface area contributed by atoms with Crippen molar-refractivity contribution < 1.29 is 29.0 Å². The number of esters is 1. The number of Topliss-reactive ketones (excluding diaryl/α,β-unsaturated/α-hetero) is 1. The molecule has 7 nitrogen and oxygen atoms in total. The van der Waals surface area contributed by atoms with Gasteiger partial charge in [-0.2, -0.15) is 0 Å². The number of aliphatic hydroxyl groups is 1. The molecule has 1 saturated heterocycles. The van der Waals surface area contributed by atoms with E-state index < -0.39 is 29.5 Å². The van der Waals surface area contributed by atoms with Crippen molar-refractivity contribution in [3.05, 3.63) is 99.6 Å². The summed E-state index contributed by atoms with van der Waals surface area (Å²) in [6.45, 7) is 2.02. The predicted molar refractivity (Wildman–Crippen MR) is 136 cm³/mol. The Kier molecular flexibility index (Phi) is 7.12. The molecule has 36 heavy (non-hydrogen) atoms. The van der Waals surface area contributed by atoms with Gasteiger partial charge in [0.15, 0.2) is 0 Å². The van der Waals surface area contributed by atoms with Gasteiger partial charge in [0.05, 0.1) is 37.0 Å². The number of nitrogens with zero attached hydrogens (tertiary/aromatic N) is 1. The molecule has 3 aromatic rings. The van der Waals surface area contributed by atoms with Crippen LogP contribution in [0.4, 0.5) is 5.69 Å². The molecule has 0 aliphatic carbocycles. The van der Waals surface area contributed by atoms with Gasteiger partial charge in [0, 0.05) is 10.7 Å². The lowest BCUT2D eigenvalue weighted by Gasteiger charge is -2.26. The second kappa shape index (κ2) is 10.3. The largest absolute Gasteiger partial charge is 0.507 e. The maximum Gasteiger partial charge on any atom is 0.337 e. The fourth-order valence-corrected chi connectivity index (χ4v) is 4.41. The van der Waals surface area contributed by atoms with E-state index in [1.54, 1.807) is 24.3 Å². The molecule has 1 unspecified atom stereocenters. The Morgan fingerprint density at radius 2 is 1.67 bits per heavy atom. The molecule has 1 amide bonds. The average Bonchev–Trinajstić information content (AvgIpc) is 3.17. The number of halogens is 1. The second-order valence-electron chi connectivity index (χ2n) is 8.15. The number of carbonyl (C=O) groups is 3. The van der Waals surface area contributed by atoms with Gasteiger partial charge in [0.1, 0.15) is 11.5 Å². The van der Waals surface area contributed by atoms with Gasteiger partial charge in [-0.1, -0.05) is 42.8 Å². The van der Waals surface area contributed by atoms with E-state index in [0.717, 1.165) is 12.0 Å². The van der Waals surface area contributed by atoms with E-state index in [4.69, 9.17) is 21.1 Å². The van der Waals surface area contributed by atoms with Gasteiger partial charge in [-0.3, -0.25) is 14.5 Å². The van der Waals surface area contributed by atoms with Crippen molar-refractivity contribution >= 4 is 40.7 Å². The molecule has 1 N–H and O–H groups in total. The Balaban J connectivity index is 1.93. The highest BCUT2D eigenvalue weighted by molar-refractivity contribution is 6.51. The molecule has 4 rings (SSSR count). The number of amides is 1. The average molecular weight is 506 g/mol. The summed E-state index contributed by atoms with van der Waals surface area (Å²) in [5, 5.41) is 11.7. The van der Waals surface area contributed by atoms with E-state index in [1.807, 2.05) is 31.2 Å². The van der Waals surface area contributed by atoms with Gasteiger partial charge in [-0.15, -0.1) is 0 Å². The molecule has 0 bridgehead atoms. The maximum atomic E-state index is 13.4. The van der Waals surface area contributed by atoms with Gasteiger partial charge in [-0.05, 0) is 60.0 Å². The molecule has 1 heterocycles. The summed E-state index contributed by atoms with van der Waals surface area (Å²) in [4.78, 5) is 39.9. The number of hydrogen-bond acceptors (Lipinski definition) is 6. The van der Waals surface area contributed by atoms with E-state index in [-0.39, 0.29) is 11.1 Å². The van der Waals surface area contributed by atoms with Crippen molar-refractivity contribution in [2.24, 2.45) is 0 Å². The first kappa shape index (κ1) is 25.0. The molecular weight excluding hydrogens is 482 g/mol. The van der Waals surface area contributed by atoms with Crippen LogP contribution >= 0.6 is 11.6 Å². The molecule has 0 spiro atoms. The van der Waals surface area contributed by atoms with Crippen molar-refractivity contribution in [1.29, 1.82) is 0 Å². The summed E-state index contributed by atoms with van der Waals surface area (Å²) >= 11 is 6.16. The number of rotatable bonds is 6. The number of ketones is 1. The number of benzene rings is 3. The first-order valence-corrected chi connectivity index (χ1v) is 11.6. The zero-order valence-electron chi connectivity index (χ0n) is 19.9. The Morgan fingerprint density at radius 3 is 2.25 bits per heavy atom. The number of ether oxygens (including phenoxy) is 2. The number of methoxy groups -OCH3 is 2. The molecule has 0 saturated carbocycles. The first-order chi connectivity index (χ1) is 17.3. The van der Waals surface area contributed by atoms with Crippen molar-refractivity contribution in [3.8, 4) is 5.75 Å². The van der Waals surface area contributed by atoms with Crippen LogP contribution in [0.1, 0.15) is 40.0 Å². The summed E-state index contributed by atoms with van der Waals surface area (Å²) < 4.78 is 10.1. The maximum absolute atomic E-state index is 13.4. The van der Waals surface area contributed by atoms with Crippen LogP contribution in [-0.4, -0.2) is 37.0 Å². The molecule has 8 heteroatoms. The Hall–Kier alpha value is -4.10. The van der Waals surface area contributed by atoms with Gasteiger partial charge in [-0.25, -0.2) is 4.79 Å². The summed E-state index contributed by atoms with van der Waals surface area (Å²) in [5.74, 6) is -2.29. The standard InChI is InChI=1S/C28H24ClNO6/c1-4-16-5-7-17(8-6-16)24-23(25(31)21-15-19(29)11-14-22(21)35-2)26(32)27(33)30(24)20-12-9-18(10-13-20)28(34)36-3/h5-15,24,31H,4H2,1-3H3/b25-23+. The lowest BCUT2D eigenvalue weighted by molar-refractivity contribution is -0.132. The first-order valence-electron chi connectivity index (χ1n) is 11.2. The highest BCUT2D eigenvalue weighted by Gasteiger charge is 2.47. The van der Waals surface area contributed by atoms with Gasteiger partial charge >= 0.3 is 5.97 Å². The summed E-state index contributed by atoms with van der Waals surface area (Å²) in [5.41, 5.74) is 2.48. The third-order valence-corrected chi connectivity index (χ3v) is 6.37. The molecule has 1 aliphatic rings. The molecule has 1 aliphatic heterocycles. The molecule has 184 valence electrons. The van der Waals surface area contributed by atoms with Crippen LogP contribution in [0.2, 0.25) is 5.02 Å². The summed E-state index contributed by atoms with van der Waals surface area (Å²) in [6, 6.07) is 17.3. The quantitative estimate of drug-likeness (QED) is 0.211. The summed E-state index contributed by atoms with van der Waals surface area (Å²) in [6.07, 6.45) is 0.815. The van der Waals surface area contributed by atoms with Crippen LogP contribution in [-0.2, 0) is 20.7 Å². The highest BCUT2D eigenvalue weighted by Crippen LogP contribution is 2.43. The number of aliphatic hydroxyl groups excluding tert-OH is 1. The molecule has 3 aromatic carbocycles. The smallest absolute Gasteiger partial charge is 0.337 e. The normalized spacial score (nSPS) is 16.8. The van der Waals surface area contributed by atoms with Crippen LogP contribution in [0.5, 0.6) is 5.75 Å². The van der Waals surface area contributed by atoms with E-state index in [1.165, 1.54) is 37.3 Å². The van der Waals surface area contributed by atoms with Crippen LogP contribution in [0, 0.1) is 0 Å². The van der Waals surface area contributed by atoms with Crippen LogP contribution in [0.15, 0.2) is 72.3 Å². The van der Waals surface area contributed by atoms with E-state index in [9.17, 15) is 19.5 Å². The van der Waals surface area contributed by atoms with Crippen LogP contribution < -0.4 is 9.64 Å². The monoisotopic (exact) mass is 505 g/mol. The number of anilines is 1. The zero-order chi connectivity index (χ0) is 26.0. The number of aryl methyl sites for hydroxylation is 1. The van der Waals surface area contributed by atoms with Crippen LogP contribution in [0.25, 0.3) is 5.76 Å².